The van der Waals surface area contributed by atoms with Crippen molar-refractivity contribution in [2.24, 2.45) is 27.9 Å². The van der Waals surface area contributed by atoms with Crippen molar-refractivity contribution in [3.05, 3.63) is 0 Å². The average molecular weight is 460 g/mol. The van der Waals surface area contributed by atoms with Crippen LogP contribution < -0.4 is 38.9 Å². The van der Waals surface area contributed by atoms with Crippen LogP contribution in [0.4, 0.5) is 0 Å². The molecule has 0 aromatic heterocycles. The van der Waals surface area contributed by atoms with Gasteiger partial charge in [0.15, 0.2) is 5.96 Å². The van der Waals surface area contributed by atoms with Gasteiger partial charge in [0, 0.05) is 13.0 Å². The number of aliphatic hydroxyl groups excluding tert-OH is 1. The topological polar surface area (TPSA) is 278 Å². The third-order valence-electron chi connectivity index (χ3n) is 4.10. The van der Waals surface area contributed by atoms with Crippen LogP contribution in [0.1, 0.15) is 32.6 Å². The van der Waals surface area contributed by atoms with Crippen molar-refractivity contribution in [1.29, 1.82) is 0 Å². The Morgan fingerprint density at radius 1 is 0.875 bits per heavy atom. The Balaban J connectivity index is 5.47. The second kappa shape index (κ2) is 14.5. The Hall–Kier alpha value is -3.46. The number of rotatable bonds is 15. The number of nitrogens with two attached hydrogens (primary N) is 4. The molecular formula is C17H32N8O7. The zero-order valence-corrected chi connectivity index (χ0v) is 17.7. The van der Waals surface area contributed by atoms with E-state index in [0.717, 1.165) is 0 Å². The second-order valence-corrected chi connectivity index (χ2v) is 6.95. The summed E-state index contributed by atoms with van der Waals surface area (Å²) < 4.78 is 0. The summed E-state index contributed by atoms with van der Waals surface area (Å²) in [5.41, 5.74) is 21.0. The van der Waals surface area contributed by atoms with Crippen LogP contribution in [0.3, 0.4) is 0 Å². The molecule has 0 aliphatic heterocycles. The predicted octanol–water partition coefficient (Wildman–Crippen LogP) is -4.82. The van der Waals surface area contributed by atoms with Gasteiger partial charge in [-0.05, 0) is 26.2 Å². The van der Waals surface area contributed by atoms with Gasteiger partial charge in [0.25, 0.3) is 0 Å². The summed E-state index contributed by atoms with van der Waals surface area (Å²) in [6, 6.07) is -5.03. The standard InChI is InChI=1S/C17H32N8O7/c1-8(18)13(28)23-10(4-5-12(19)27)15(30)24-9(3-2-6-22-17(20)21)14(29)25-11(7-26)16(31)32/h8-11,26H,2-7,18H2,1H3,(H2,19,27)(H,23,28)(H,24,30)(H,25,29)(H,31,32)(H4,20,21,22). The summed E-state index contributed by atoms with van der Waals surface area (Å²) in [5.74, 6) is -4.75. The highest BCUT2D eigenvalue weighted by molar-refractivity contribution is 5.94. The number of aliphatic hydroxyl groups is 1. The van der Waals surface area contributed by atoms with E-state index in [1.165, 1.54) is 6.92 Å². The lowest BCUT2D eigenvalue weighted by Crippen LogP contribution is -2.57. The maximum absolute atomic E-state index is 12.7. The average Bonchev–Trinajstić information content (AvgIpc) is 2.69. The molecular weight excluding hydrogens is 428 g/mol. The summed E-state index contributed by atoms with van der Waals surface area (Å²) in [6.07, 6.45) is -0.165. The van der Waals surface area contributed by atoms with Gasteiger partial charge in [0.1, 0.15) is 18.1 Å². The zero-order chi connectivity index (χ0) is 24.8. The van der Waals surface area contributed by atoms with Crippen molar-refractivity contribution in [2.75, 3.05) is 13.2 Å². The van der Waals surface area contributed by atoms with Crippen LogP contribution in [0.5, 0.6) is 0 Å². The van der Waals surface area contributed by atoms with E-state index < -0.39 is 60.4 Å². The smallest absolute Gasteiger partial charge is 0.328 e. The third-order valence-corrected chi connectivity index (χ3v) is 4.10. The largest absolute Gasteiger partial charge is 0.480 e. The fraction of sp³-hybridized carbons (Fsp3) is 0.647. The monoisotopic (exact) mass is 460 g/mol. The van der Waals surface area contributed by atoms with Gasteiger partial charge in [0.2, 0.25) is 23.6 Å². The Kier molecular flexibility index (Phi) is 13.0. The highest BCUT2D eigenvalue weighted by atomic mass is 16.4. The molecule has 15 nitrogen and oxygen atoms in total. The van der Waals surface area contributed by atoms with Gasteiger partial charge in [-0.1, -0.05) is 0 Å². The lowest BCUT2D eigenvalue weighted by molar-refractivity contribution is -0.143. The van der Waals surface area contributed by atoms with Crippen LogP contribution in [-0.2, 0) is 24.0 Å². The Morgan fingerprint density at radius 3 is 1.81 bits per heavy atom. The van der Waals surface area contributed by atoms with Crippen LogP contribution in [0.15, 0.2) is 4.99 Å². The quantitative estimate of drug-likeness (QED) is 0.0638. The van der Waals surface area contributed by atoms with E-state index in [2.05, 4.69) is 20.9 Å². The molecule has 0 bridgehead atoms. The number of hydrogen-bond donors (Lipinski definition) is 9. The van der Waals surface area contributed by atoms with Gasteiger partial charge in [-0.2, -0.15) is 0 Å². The molecule has 13 N–H and O–H groups in total. The summed E-state index contributed by atoms with van der Waals surface area (Å²) in [6.45, 7) is 0.636. The van der Waals surface area contributed by atoms with E-state index in [1.54, 1.807) is 0 Å². The molecule has 15 heteroatoms. The number of carbonyl (C=O) groups is 5. The van der Waals surface area contributed by atoms with Crippen LogP contribution in [0, 0.1) is 0 Å². The van der Waals surface area contributed by atoms with Crippen molar-refractivity contribution in [2.45, 2.75) is 56.8 Å². The molecule has 4 atom stereocenters. The number of primary amides is 1. The zero-order valence-electron chi connectivity index (χ0n) is 17.7. The number of carboxylic acids is 1. The number of hydrogen-bond acceptors (Lipinski definition) is 8. The summed E-state index contributed by atoms with van der Waals surface area (Å²) >= 11 is 0. The van der Waals surface area contributed by atoms with Crippen LogP contribution in [0.2, 0.25) is 0 Å². The number of guanidine groups is 1. The Bertz CT molecular complexity index is 709. The molecule has 0 heterocycles. The lowest BCUT2D eigenvalue weighted by atomic mass is 10.1. The molecule has 0 saturated heterocycles. The first-order chi connectivity index (χ1) is 14.9. The first kappa shape index (κ1) is 28.5. The number of nitrogens with one attached hydrogen (secondary N) is 3. The minimum Gasteiger partial charge on any atom is -0.480 e. The maximum Gasteiger partial charge on any atom is 0.328 e. The second-order valence-electron chi connectivity index (χ2n) is 6.95. The molecule has 182 valence electrons. The molecule has 32 heavy (non-hydrogen) atoms. The molecule has 0 radical (unpaired) electrons. The van der Waals surface area contributed by atoms with Crippen molar-refractivity contribution < 1.29 is 34.2 Å². The van der Waals surface area contributed by atoms with E-state index in [1.807, 2.05) is 0 Å². The first-order valence-electron chi connectivity index (χ1n) is 9.73. The minimum atomic E-state index is -1.59. The molecule has 4 amide bonds. The number of aliphatic carboxylic acids is 1. The molecule has 0 rings (SSSR count). The van der Waals surface area contributed by atoms with Crippen molar-refractivity contribution in [3.63, 3.8) is 0 Å². The number of amides is 4. The van der Waals surface area contributed by atoms with E-state index in [-0.39, 0.29) is 38.2 Å². The van der Waals surface area contributed by atoms with Gasteiger partial charge in [-0.3, -0.25) is 24.2 Å². The summed E-state index contributed by atoms with van der Waals surface area (Å²) in [5, 5.41) is 25.0. The van der Waals surface area contributed by atoms with Crippen LogP contribution >= 0.6 is 0 Å². The van der Waals surface area contributed by atoms with Gasteiger partial charge in [0.05, 0.1) is 12.6 Å². The van der Waals surface area contributed by atoms with Gasteiger partial charge in [-0.25, -0.2) is 4.79 Å². The van der Waals surface area contributed by atoms with E-state index >= 15 is 0 Å². The van der Waals surface area contributed by atoms with Gasteiger partial charge < -0.3 is 49.1 Å². The van der Waals surface area contributed by atoms with Crippen molar-refractivity contribution >= 4 is 35.6 Å². The third kappa shape index (κ3) is 11.7. The minimum absolute atomic E-state index is 0.00407. The lowest BCUT2D eigenvalue weighted by Gasteiger charge is -2.24. The van der Waals surface area contributed by atoms with Crippen LogP contribution in [0.25, 0.3) is 0 Å². The summed E-state index contributed by atoms with van der Waals surface area (Å²) in [7, 11) is 0. The van der Waals surface area contributed by atoms with E-state index in [4.69, 9.17) is 33.1 Å². The number of nitrogens with zero attached hydrogens (tertiary/aromatic N) is 1. The Labute approximate surface area is 184 Å². The van der Waals surface area contributed by atoms with E-state index in [0.29, 0.717) is 0 Å². The van der Waals surface area contributed by atoms with Crippen molar-refractivity contribution in [3.8, 4) is 0 Å². The number of aliphatic imine (C=N–C) groups is 1. The highest BCUT2D eigenvalue weighted by Gasteiger charge is 2.29. The van der Waals surface area contributed by atoms with Gasteiger partial charge >= 0.3 is 5.97 Å². The molecule has 0 fully saturated rings. The maximum atomic E-state index is 12.7. The molecule has 0 aliphatic rings. The molecule has 0 spiro atoms. The summed E-state index contributed by atoms with van der Waals surface area (Å²) in [4.78, 5) is 63.1. The molecule has 0 saturated carbocycles. The highest BCUT2D eigenvalue weighted by Crippen LogP contribution is 2.04. The first-order valence-corrected chi connectivity index (χ1v) is 9.73. The Morgan fingerprint density at radius 2 is 1.38 bits per heavy atom. The normalized spacial score (nSPS) is 14.2. The molecule has 0 aromatic carbocycles. The SMILES string of the molecule is CC(N)C(=O)NC(CCC(N)=O)C(=O)NC(CCCN=C(N)N)C(=O)NC(CO)C(=O)O. The molecule has 0 aliphatic carbocycles. The number of carbonyl (C=O) groups excluding carboxylic acids is 4. The fourth-order valence-corrected chi connectivity index (χ4v) is 2.36. The fourth-order valence-electron chi connectivity index (χ4n) is 2.36. The van der Waals surface area contributed by atoms with Gasteiger partial charge in [-0.15, -0.1) is 0 Å². The predicted molar refractivity (Wildman–Crippen MR) is 113 cm³/mol. The van der Waals surface area contributed by atoms with E-state index in [9.17, 15) is 24.0 Å². The van der Waals surface area contributed by atoms with Crippen molar-refractivity contribution in [1.82, 2.24) is 16.0 Å². The molecule has 4 unspecified atom stereocenters. The van der Waals surface area contributed by atoms with Crippen LogP contribution in [-0.4, -0.2) is 83.1 Å². The number of carboxylic acid groups (broad SMARTS) is 1. The molecule has 0 aromatic rings.